The van der Waals surface area contributed by atoms with Gasteiger partial charge in [0.2, 0.25) is 0 Å². The molecule has 0 fully saturated rings. The van der Waals surface area contributed by atoms with Crippen molar-refractivity contribution in [1.82, 2.24) is 15.0 Å². The quantitative estimate of drug-likeness (QED) is 0.172. The maximum atomic E-state index is 5.26. The van der Waals surface area contributed by atoms with E-state index in [0.717, 1.165) is 39.3 Å². The Morgan fingerprint density at radius 2 is 0.750 bits per heavy atom. The first-order valence-electron chi connectivity index (χ1n) is 17.6. The maximum Gasteiger partial charge on any atom is 0.160 e. The van der Waals surface area contributed by atoms with Gasteiger partial charge in [-0.25, -0.2) is 9.97 Å². The first kappa shape index (κ1) is 29.9. The van der Waals surface area contributed by atoms with Crippen molar-refractivity contribution in [2.45, 2.75) is 0 Å². The first-order valence-corrected chi connectivity index (χ1v) is 17.6. The Hall–Kier alpha value is -6.97. The second kappa shape index (κ2) is 12.4. The minimum absolute atomic E-state index is 0.682. The van der Waals surface area contributed by atoms with Crippen LogP contribution in [-0.2, 0) is 0 Å². The van der Waals surface area contributed by atoms with E-state index < -0.39 is 0 Å². The lowest BCUT2D eigenvalue weighted by molar-refractivity contribution is 1.18. The fourth-order valence-corrected chi connectivity index (χ4v) is 7.57. The molecule has 0 aliphatic heterocycles. The third-order valence-electron chi connectivity index (χ3n) is 10.1. The molecule has 3 heteroatoms. The number of nitrogens with zero attached hydrogens (tertiary/aromatic N) is 3. The summed E-state index contributed by atoms with van der Waals surface area (Å²) in [7, 11) is 0. The maximum absolute atomic E-state index is 5.26. The molecule has 242 valence electrons. The predicted octanol–water partition coefficient (Wildman–Crippen LogP) is 12.8. The monoisotopic (exact) mass is 661 g/mol. The molecule has 0 aliphatic carbocycles. The molecule has 0 unspecified atom stereocenters. The Labute approximate surface area is 301 Å². The number of hydrogen-bond acceptors (Lipinski definition) is 3. The molecule has 0 N–H and O–H groups in total. The van der Waals surface area contributed by atoms with Crippen LogP contribution in [-0.4, -0.2) is 15.0 Å². The van der Waals surface area contributed by atoms with Crippen molar-refractivity contribution in [3.05, 3.63) is 188 Å². The summed E-state index contributed by atoms with van der Waals surface area (Å²) in [4.78, 5) is 15.0. The number of hydrogen-bond donors (Lipinski definition) is 0. The zero-order valence-corrected chi connectivity index (χ0v) is 28.2. The van der Waals surface area contributed by atoms with Gasteiger partial charge in [0, 0.05) is 28.5 Å². The molecular formula is C49H31N3. The van der Waals surface area contributed by atoms with Crippen LogP contribution in [0.3, 0.4) is 0 Å². The van der Waals surface area contributed by atoms with Gasteiger partial charge >= 0.3 is 0 Å². The van der Waals surface area contributed by atoms with Crippen LogP contribution in [0.4, 0.5) is 0 Å². The van der Waals surface area contributed by atoms with Crippen LogP contribution >= 0.6 is 0 Å². The average molecular weight is 662 g/mol. The number of benzene rings is 8. The number of fused-ring (bicyclic) bond motifs is 6. The van der Waals surface area contributed by atoms with Gasteiger partial charge < -0.3 is 0 Å². The van der Waals surface area contributed by atoms with Crippen molar-refractivity contribution in [3.63, 3.8) is 0 Å². The molecule has 10 rings (SSSR count). The molecule has 3 nitrogen and oxygen atoms in total. The zero-order valence-electron chi connectivity index (χ0n) is 28.2. The third kappa shape index (κ3) is 5.19. The van der Waals surface area contributed by atoms with E-state index in [1.54, 1.807) is 0 Å². The molecule has 8 aromatic carbocycles. The lowest BCUT2D eigenvalue weighted by Gasteiger charge is -2.14. The van der Waals surface area contributed by atoms with Gasteiger partial charge in [-0.15, -0.1) is 0 Å². The summed E-state index contributed by atoms with van der Waals surface area (Å²) in [5.41, 5.74) is 9.22. The van der Waals surface area contributed by atoms with Crippen molar-refractivity contribution in [1.29, 1.82) is 0 Å². The minimum atomic E-state index is 0.682. The molecule has 0 bridgehead atoms. The van der Waals surface area contributed by atoms with E-state index in [1.165, 1.54) is 54.2 Å². The summed E-state index contributed by atoms with van der Waals surface area (Å²) < 4.78 is 0. The Morgan fingerprint density at radius 1 is 0.288 bits per heavy atom. The van der Waals surface area contributed by atoms with Crippen molar-refractivity contribution in [2.24, 2.45) is 0 Å². The van der Waals surface area contributed by atoms with Crippen molar-refractivity contribution in [2.75, 3.05) is 0 Å². The molecule has 0 radical (unpaired) electrons. The van der Waals surface area contributed by atoms with Crippen LogP contribution in [0.2, 0.25) is 0 Å². The van der Waals surface area contributed by atoms with Gasteiger partial charge in [0.05, 0.1) is 17.1 Å². The molecule has 52 heavy (non-hydrogen) atoms. The third-order valence-corrected chi connectivity index (χ3v) is 10.1. The Balaban J connectivity index is 1.14. The van der Waals surface area contributed by atoms with E-state index in [2.05, 4.69) is 169 Å². The summed E-state index contributed by atoms with van der Waals surface area (Å²) in [5, 5.41) is 9.82. The molecule has 10 aromatic rings. The van der Waals surface area contributed by atoms with Gasteiger partial charge in [-0.3, -0.25) is 4.98 Å². The average Bonchev–Trinajstić information content (AvgIpc) is 3.23. The van der Waals surface area contributed by atoms with E-state index in [9.17, 15) is 0 Å². The van der Waals surface area contributed by atoms with Gasteiger partial charge in [0.15, 0.2) is 5.82 Å². The molecule has 0 saturated carbocycles. The lowest BCUT2D eigenvalue weighted by Crippen LogP contribution is -1.97. The largest absolute Gasteiger partial charge is 0.256 e. The summed E-state index contributed by atoms with van der Waals surface area (Å²) in [5.74, 6) is 0.682. The summed E-state index contributed by atoms with van der Waals surface area (Å²) >= 11 is 0. The number of aromatic nitrogens is 3. The van der Waals surface area contributed by atoms with Gasteiger partial charge in [0.25, 0.3) is 0 Å². The van der Waals surface area contributed by atoms with Gasteiger partial charge in [-0.2, -0.15) is 0 Å². The van der Waals surface area contributed by atoms with Crippen LogP contribution in [0.15, 0.2) is 188 Å². The molecule has 0 spiro atoms. The fourth-order valence-electron chi connectivity index (χ4n) is 7.57. The van der Waals surface area contributed by atoms with Crippen molar-refractivity contribution >= 4 is 43.1 Å². The standard InChI is InChI=1S/C49H31N3/c1-3-13-38-36(11-1)29-44(42-17-7-5-15-40(38)42)32-20-22-34(23-21-32)47-31-48(45-30-37-12-2-4-14-39(37)41-16-6-8-18-43(41)45)52-49(51-47)35-26-24-33(25-27-35)46-19-9-10-28-50-46/h1-31H. The lowest BCUT2D eigenvalue weighted by atomic mass is 9.92. The highest BCUT2D eigenvalue weighted by Crippen LogP contribution is 2.38. The summed E-state index contributed by atoms with van der Waals surface area (Å²) in [6.45, 7) is 0. The van der Waals surface area contributed by atoms with Crippen LogP contribution in [0, 0.1) is 0 Å². The molecule has 0 atom stereocenters. The SMILES string of the molecule is c1ccc(-c2ccc(-c3nc(-c4ccc(-c5cc6ccccc6c6ccccc56)cc4)cc(-c4cc5ccccc5c5ccccc45)n3)cc2)nc1. The van der Waals surface area contributed by atoms with E-state index in [-0.39, 0.29) is 0 Å². The van der Waals surface area contributed by atoms with E-state index in [1.807, 2.05) is 24.4 Å². The van der Waals surface area contributed by atoms with Crippen molar-refractivity contribution in [3.8, 4) is 56.3 Å². The molecule has 0 saturated heterocycles. The van der Waals surface area contributed by atoms with Gasteiger partial charge in [-0.1, -0.05) is 152 Å². The smallest absolute Gasteiger partial charge is 0.160 e. The normalized spacial score (nSPS) is 11.5. The molecular weight excluding hydrogens is 631 g/mol. The van der Waals surface area contributed by atoms with Crippen LogP contribution < -0.4 is 0 Å². The Bertz CT molecular complexity index is 2930. The number of rotatable bonds is 5. The zero-order chi connectivity index (χ0) is 34.4. The van der Waals surface area contributed by atoms with E-state index >= 15 is 0 Å². The van der Waals surface area contributed by atoms with E-state index in [4.69, 9.17) is 9.97 Å². The van der Waals surface area contributed by atoms with E-state index in [0.29, 0.717) is 5.82 Å². The predicted molar refractivity (Wildman–Crippen MR) is 217 cm³/mol. The van der Waals surface area contributed by atoms with Crippen LogP contribution in [0.25, 0.3) is 99.4 Å². The Morgan fingerprint density at radius 3 is 1.37 bits per heavy atom. The highest BCUT2D eigenvalue weighted by molar-refractivity contribution is 6.14. The first-order chi connectivity index (χ1) is 25.8. The second-order valence-corrected chi connectivity index (χ2v) is 13.2. The fraction of sp³-hybridized carbons (Fsp3) is 0. The van der Waals surface area contributed by atoms with Crippen LogP contribution in [0.1, 0.15) is 0 Å². The summed E-state index contributed by atoms with van der Waals surface area (Å²) in [6, 6.07) is 64.4. The highest BCUT2D eigenvalue weighted by Gasteiger charge is 2.16. The highest BCUT2D eigenvalue weighted by atomic mass is 14.9. The number of pyridine rings is 1. The molecule has 2 heterocycles. The molecule has 0 aliphatic rings. The summed E-state index contributed by atoms with van der Waals surface area (Å²) in [6.07, 6.45) is 1.82. The van der Waals surface area contributed by atoms with Crippen molar-refractivity contribution < 1.29 is 0 Å². The molecule has 2 aromatic heterocycles. The second-order valence-electron chi connectivity index (χ2n) is 13.2. The van der Waals surface area contributed by atoms with Gasteiger partial charge in [-0.05, 0) is 84.5 Å². The Kier molecular flexibility index (Phi) is 7.14. The topological polar surface area (TPSA) is 38.7 Å². The van der Waals surface area contributed by atoms with Gasteiger partial charge in [0.1, 0.15) is 0 Å². The van der Waals surface area contributed by atoms with Crippen LogP contribution in [0.5, 0.6) is 0 Å². The molecule has 0 amide bonds. The minimum Gasteiger partial charge on any atom is -0.256 e.